The molecule has 0 radical (unpaired) electrons. The SMILES string of the molecule is CCC(C)C(O)CNCc1cc(Br)ccc1O. The Morgan fingerprint density at radius 3 is 2.76 bits per heavy atom. The van der Waals surface area contributed by atoms with E-state index in [4.69, 9.17) is 0 Å². The largest absolute Gasteiger partial charge is 0.508 e. The van der Waals surface area contributed by atoms with Gasteiger partial charge >= 0.3 is 0 Å². The molecular weight excluding hydrogens is 282 g/mol. The second-order valence-electron chi connectivity index (χ2n) is 4.36. The van der Waals surface area contributed by atoms with Crippen molar-refractivity contribution >= 4 is 15.9 Å². The minimum Gasteiger partial charge on any atom is -0.508 e. The molecule has 4 heteroatoms. The molecule has 1 aromatic carbocycles. The normalized spacial score (nSPS) is 14.6. The van der Waals surface area contributed by atoms with Crippen molar-refractivity contribution in [3.8, 4) is 5.75 Å². The summed E-state index contributed by atoms with van der Waals surface area (Å²) in [5.41, 5.74) is 0.829. The fourth-order valence-corrected chi connectivity index (χ4v) is 1.93. The Bertz CT molecular complexity index is 357. The predicted octanol–water partition coefficient (Wildman–Crippen LogP) is 2.65. The zero-order valence-corrected chi connectivity index (χ0v) is 11.9. The minimum atomic E-state index is -0.339. The van der Waals surface area contributed by atoms with Gasteiger partial charge in [0.05, 0.1) is 6.10 Å². The minimum absolute atomic E-state index is 0.277. The first-order chi connectivity index (χ1) is 8.04. The molecule has 3 N–H and O–H groups in total. The Balaban J connectivity index is 2.43. The predicted molar refractivity (Wildman–Crippen MR) is 73.0 cm³/mol. The van der Waals surface area contributed by atoms with Crippen molar-refractivity contribution in [2.24, 2.45) is 5.92 Å². The van der Waals surface area contributed by atoms with Gasteiger partial charge in [-0.2, -0.15) is 0 Å². The van der Waals surface area contributed by atoms with Gasteiger partial charge in [-0.05, 0) is 24.1 Å². The van der Waals surface area contributed by atoms with Crippen LogP contribution in [0, 0.1) is 5.92 Å². The van der Waals surface area contributed by atoms with Crippen LogP contribution in [0.25, 0.3) is 0 Å². The highest BCUT2D eigenvalue weighted by molar-refractivity contribution is 9.10. The topological polar surface area (TPSA) is 52.5 Å². The third-order valence-electron chi connectivity index (χ3n) is 3.01. The van der Waals surface area contributed by atoms with Crippen LogP contribution >= 0.6 is 15.9 Å². The number of aliphatic hydroxyl groups is 1. The number of aliphatic hydroxyl groups excluding tert-OH is 1. The van der Waals surface area contributed by atoms with Crippen molar-refractivity contribution in [1.29, 1.82) is 0 Å². The zero-order valence-electron chi connectivity index (χ0n) is 10.3. The summed E-state index contributed by atoms with van der Waals surface area (Å²) in [5, 5.41) is 22.6. The van der Waals surface area contributed by atoms with Gasteiger partial charge in [-0.3, -0.25) is 0 Å². The maximum atomic E-state index is 9.79. The third kappa shape index (κ3) is 4.66. The summed E-state index contributed by atoms with van der Waals surface area (Å²) in [7, 11) is 0. The molecule has 2 atom stereocenters. The van der Waals surface area contributed by atoms with Crippen LogP contribution in [-0.4, -0.2) is 22.9 Å². The number of halogens is 1. The van der Waals surface area contributed by atoms with Crippen molar-refractivity contribution in [3.63, 3.8) is 0 Å². The molecule has 0 spiro atoms. The molecule has 0 aromatic heterocycles. The van der Waals surface area contributed by atoms with Crippen LogP contribution in [0.1, 0.15) is 25.8 Å². The second-order valence-corrected chi connectivity index (χ2v) is 5.27. The fourth-order valence-electron chi connectivity index (χ4n) is 1.52. The van der Waals surface area contributed by atoms with Crippen LogP contribution < -0.4 is 5.32 Å². The van der Waals surface area contributed by atoms with Gasteiger partial charge in [-0.1, -0.05) is 36.2 Å². The van der Waals surface area contributed by atoms with Gasteiger partial charge < -0.3 is 15.5 Å². The Hall–Kier alpha value is -0.580. The van der Waals surface area contributed by atoms with Gasteiger partial charge in [-0.15, -0.1) is 0 Å². The number of aromatic hydroxyl groups is 1. The van der Waals surface area contributed by atoms with E-state index < -0.39 is 0 Å². The number of phenols is 1. The van der Waals surface area contributed by atoms with Crippen LogP contribution in [0.2, 0.25) is 0 Å². The molecule has 17 heavy (non-hydrogen) atoms. The van der Waals surface area contributed by atoms with Crippen molar-refractivity contribution in [1.82, 2.24) is 5.32 Å². The van der Waals surface area contributed by atoms with E-state index in [2.05, 4.69) is 28.2 Å². The number of nitrogens with one attached hydrogen (secondary N) is 1. The highest BCUT2D eigenvalue weighted by Crippen LogP contribution is 2.21. The molecule has 1 rings (SSSR count). The summed E-state index contributed by atoms with van der Waals surface area (Å²) in [4.78, 5) is 0. The van der Waals surface area contributed by atoms with E-state index in [1.165, 1.54) is 0 Å². The van der Waals surface area contributed by atoms with Crippen molar-refractivity contribution in [3.05, 3.63) is 28.2 Å². The first kappa shape index (κ1) is 14.5. The molecule has 96 valence electrons. The summed E-state index contributed by atoms with van der Waals surface area (Å²) in [6.45, 7) is 5.19. The number of rotatable bonds is 6. The molecule has 0 saturated heterocycles. The van der Waals surface area contributed by atoms with Gasteiger partial charge in [0.15, 0.2) is 0 Å². The van der Waals surface area contributed by atoms with Crippen molar-refractivity contribution in [2.75, 3.05) is 6.54 Å². The lowest BCUT2D eigenvalue weighted by Gasteiger charge is -2.17. The maximum Gasteiger partial charge on any atom is 0.120 e. The summed E-state index contributed by atoms with van der Waals surface area (Å²) in [6.07, 6.45) is 0.625. The molecule has 0 fully saturated rings. The van der Waals surface area contributed by atoms with Gasteiger partial charge in [-0.25, -0.2) is 0 Å². The number of benzene rings is 1. The lowest BCUT2D eigenvalue weighted by molar-refractivity contribution is 0.112. The zero-order chi connectivity index (χ0) is 12.8. The molecule has 3 nitrogen and oxygen atoms in total. The summed E-state index contributed by atoms with van der Waals surface area (Å²) in [6, 6.07) is 5.33. The van der Waals surface area contributed by atoms with E-state index in [0.717, 1.165) is 16.5 Å². The van der Waals surface area contributed by atoms with Crippen molar-refractivity contribution < 1.29 is 10.2 Å². The van der Waals surface area contributed by atoms with Crippen LogP contribution in [-0.2, 0) is 6.54 Å². The number of phenolic OH excluding ortho intramolecular Hbond substituents is 1. The van der Waals surface area contributed by atoms with Crippen LogP contribution in [0.3, 0.4) is 0 Å². The van der Waals surface area contributed by atoms with E-state index in [1.54, 1.807) is 12.1 Å². The lowest BCUT2D eigenvalue weighted by atomic mass is 10.0. The highest BCUT2D eigenvalue weighted by atomic mass is 79.9. The summed E-state index contributed by atoms with van der Waals surface area (Å²) in [5.74, 6) is 0.567. The van der Waals surface area contributed by atoms with E-state index in [-0.39, 0.29) is 11.9 Å². The lowest BCUT2D eigenvalue weighted by Crippen LogP contribution is -2.31. The summed E-state index contributed by atoms with van der Waals surface area (Å²) < 4.78 is 0.939. The summed E-state index contributed by atoms with van der Waals surface area (Å²) >= 11 is 3.36. The standard InChI is InChI=1S/C13H20BrNO2/c1-3-9(2)13(17)8-15-7-10-6-11(14)4-5-12(10)16/h4-6,9,13,15-17H,3,7-8H2,1-2H3. The Kier molecular flexibility index (Phi) is 5.95. The molecule has 0 aliphatic rings. The molecule has 0 heterocycles. The average molecular weight is 302 g/mol. The van der Waals surface area contributed by atoms with Gasteiger partial charge in [0.25, 0.3) is 0 Å². The molecule has 0 amide bonds. The first-order valence-corrected chi connectivity index (χ1v) is 6.70. The first-order valence-electron chi connectivity index (χ1n) is 5.90. The highest BCUT2D eigenvalue weighted by Gasteiger charge is 2.11. The van der Waals surface area contributed by atoms with E-state index in [9.17, 15) is 10.2 Å². The molecule has 2 unspecified atom stereocenters. The van der Waals surface area contributed by atoms with Gasteiger partial charge in [0.1, 0.15) is 5.75 Å². The Labute approximate surface area is 111 Å². The Morgan fingerprint density at radius 2 is 2.12 bits per heavy atom. The van der Waals surface area contributed by atoms with Crippen LogP contribution in [0.15, 0.2) is 22.7 Å². The van der Waals surface area contributed by atoms with Gasteiger partial charge in [0, 0.05) is 23.1 Å². The molecule has 0 aliphatic carbocycles. The monoisotopic (exact) mass is 301 g/mol. The average Bonchev–Trinajstić information content (AvgIpc) is 2.32. The molecular formula is C13H20BrNO2. The number of hydrogen-bond acceptors (Lipinski definition) is 3. The molecule has 1 aromatic rings. The van der Waals surface area contributed by atoms with E-state index >= 15 is 0 Å². The maximum absolute atomic E-state index is 9.79. The Morgan fingerprint density at radius 1 is 1.41 bits per heavy atom. The van der Waals surface area contributed by atoms with Crippen LogP contribution in [0.5, 0.6) is 5.75 Å². The van der Waals surface area contributed by atoms with E-state index in [0.29, 0.717) is 19.0 Å². The smallest absolute Gasteiger partial charge is 0.120 e. The third-order valence-corrected chi connectivity index (χ3v) is 3.50. The van der Waals surface area contributed by atoms with Crippen LogP contribution in [0.4, 0.5) is 0 Å². The quantitative estimate of drug-likeness (QED) is 0.757. The van der Waals surface area contributed by atoms with E-state index in [1.807, 2.05) is 13.0 Å². The van der Waals surface area contributed by atoms with Gasteiger partial charge in [0.2, 0.25) is 0 Å². The molecule has 0 aliphatic heterocycles. The van der Waals surface area contributed by atoms with Crippen molar-refractivity contribution in [2.45, 2.75) is 32.9 Å². The number of hydrogen-bond donors (Lipinski definition) is 3. The molecule has 0 bridgehead atoms. The second kappa shape index (κ2) is 6.99. The molecule has 0 saturated carbocycles. The fraction of sp³-hybridized carbons (Fsp3) is 0.538.